The molecular formula is C30H23BrClNO6. The van der Waals surface area contributed by atoms with Crippen LogP contribution in [-0.2, 0) is 25.6 Å². The van der Waals surface area contributed by atoms with E-state index in [1.165, 1.54) is 23.1 Å². The maximum absolute atomic E-state index is 13.8. The summed E-state index contributed by atoms with van der Waals surface area (Å²) in [7, 11) is 0. The maximum Gasteiger partial charge on any atom is 0.233 e. The molecule has 0 unspecified atom stereocenters. The molecule has 0 bridgehead atoms. The lowest BCUT2D eigenvalue weighted by atomic mass is 9.59. The van der Waals surface area contributed by atoms with Gasteiger partial charge < -0.3 is 10.2 Å². The number of Topliss-reactive ketones (excluding diaryl/α,β-unsaturated/α-hetero) is 1. The Labute approximate surface area is 237 Å². The van der Waals surface area contributed by atoms with Crippen LogP contribution in [0, 0.1) is 17.8 Å². The van der Waals surface area contributed by atoms with Gasteiger partial charge in [0.2, 0.25) is 11.8 Å². The van der Waals surface area contributed by atoms with Crippen molar-refractivity contribution >= 4 is 50.9 Å². The van der Waals surface area contributed by atoms with Crippen molar-refractivity contribution in [3.8, 4) is 11.5 Å². The van der Waals surface area contributed by atoms with Crippen LogP contribution in [0.3, 0.4) is 0 Å². The summed E-state index contributed by atoms with van der Waals surface area (Å²) in [5.41, 5.74) is 2.60. The second-order valence-corrected chi connectivity index (χ2v) is 11.6. The third-order valence-electron chi connectivity index (χ3n) is 8.28. The molecule has 0 radical (unpaired) electrons. The molecule has 7 nitrogen and oxygen atoms in total. The van der Waals surface area contributed by atoms with Gasteiger partial charge in [0.25, 0.3) is 0 Å². The van der Waals surface area contributed by atoms with Gasteiger partial charge in [0.15, 0.2) is 11.6 Å². The number of ketones is 2. The largest absolute Gasteiger partial charge is 0.508 e. The number of allylic oxidation sites excluding steroid dienone is 6. The number of phenolic OH excluding ortho intramolecular Hbond substituents is 2. The van der Waals surface area contributed by atoms with Crippen molar-refractivity contribution in [2.24, 2.45) is 17.8 Å². The van der Waals surface area contributed by atoms with Crippen LogP contribution in [0.2, 0.25) is 5.02 Å². The van der Waals surface area contributed by atoms with E-state index in [1.807, 2.05) is 6.08 Å². The number of rotatable bonds is 4. The van der Waals surface area contributed by atoms with Gasteiger partial charge in [-0.2, -0.15) is 0 Å². The van der Waals surface area contributed by atoms with Crippen LogP contribution in [-0.4, -0.2) is 45.0 Å². The Morgan fingerprint density at radius 1 is 0.974 bits per heavy atom. The zero-order valence-corrected chi connectivity index (χ0v) is 22.9. The van der Waals surface area contributed by atoms with Crippen LogP contribution >= 0.6 is 27.5 Å². The molecule has 3 aliphatic carbocycles. The van der Waals surface area contributed by atoms with E-state index < -0.39 is 23.7 Å². The lowest BCUT2D eigenvalue weighted by Gasteiger charge is -2.42. The van der Waals surface area contributed by atoms with Crippen molar-refractivity contribution < 1.29 is 29.4 Å². The fraction of sp³-hybridized carbons (Fsp3) is 0.267. The Morgan fingerprint density at radius 2 is 1.72 bits per heavy atom. The van der Waals surface area contributed by atoms with E-state index in [9.17, 15) is 29.4 Å². The number of benzene rings is 2. The van der Waals surface area contributed by atoms with Crippen molar-refractivity contribution in [3.63, 3.8) is 0 Å². The predicted molar refractivity (Wildman–Crippen MR) is 146 cm³/mol. The highest BCUT2D eigenvalue weighted by atomic mass is 79.9. The molecule has 0 spiro atoms. The Kier molecular flexibility index (Phi) is 6.35. The van der Waals surface area contributed by atoms with Crippen LogP contribution in [0.1, 0.15) is 29.9 Å². The first-order chi connectivity index (χ1) is 18.7. The summed E-state index contributed by atoms with van der Waals surface area (Å²) in [6.07, 6.45) is 4.07. The van der Waals surface area contributed by atoms with E-state index in [1.54, 1.807) is 30.3 Å². The van der Waals surface area contributed by atoms with E-state index in [2.05, 4.69) is 15.9 Å². The minimum atomic E-state index is -0.763. The highest BCUT2D eigenvalue weighted by molar-refractivity contribution is 9.12. The minimum Gasteiger partial charge on any atom is -0.508 e. The second-order valence-electron chi connectivity index (χ2n) is 10.3. The summed E-state index contributed by atoms with van der Waals surface area (Å²) in [5, 5.41) is 20.7. The molecule has 2 aromatic carbocycles. The summed E-state index contributed by atoms with van der Waals surface area (Å²) in [4.78, 5) is 55.1. The molecule has 6 rings (SSSR count). The van der Waals surface area contributed by atoms with Crippen LogP contribution in [0.5, 0.6) is 11.5 Å². The summed E-state index contributed by atoms with van der Waals surface area (Å²) in [6, 6.07) is 11.2. The average Bonchev–Trinajstić information content (AvgIpc) is 3.16. The summed E-state index contributed by atoms with van der Waals surface area (Å²) in [6.45, 7) is 0.204. The van der Waals surface area contributed by atoms with Gasteiger partial charge in [-0.25, -0.2) is 0 Å². The molecule has 9 heteroatoms. The zero-order chi connectivity index (χ0) is 27.6. The molecule has 4 atom stereocenters. The smallest absolute Gasteiger partial charge is 0.233 e. The number of carbonyl (C=O) groups excluding carboxylic acids is 4. The predicted octanol–water partition coefficient (Wildman–Crippen LogP) is 4.76. The number of imide groups is 1. The number of hydrogen-bond acceptors (Lipinski definition) is 6. The molecular weight excluding hydrogens is 586 g/mol. The molecule has 1 heterocycles. The van der Waals surface area contributed by atoms with Crippen molar-refractivity contribution in [1.29, 1.82) is 0 Å². The number of hydrogen-bond donors (Lipinski definition) is 2. The summed E-state index contributed by atoms with van der Waals surface area (Å²) in [5.74, 6) is -3.63. The van der Waals surface area contributed by atoms with Gasteiger partial charge in [-0.1, -0.05) is 35.4 Å². The quantitative estimate of drug-likeness (QED) is 0.294. The fourth-order valence-electron chi connectivity index (χ4n) is 6.51. The molecule has 198 valence electrons. The number of likely N-dealkylation sites (tertiary alicyclic amines) is 1. The van der Waals surface area contributed by atoms with E-state index in [4.69, 9.17) is 11.6 Å². The van der Waals surface area contributed by atoms with Gasteiger partial charge in [-0.05, 0) is 77.0 Å². The average molecular weight is 609 g/mol. The number of phenols is 2. The molecule has 0 saturated carbocycles. The van der Waals surface area contributed by atoms with E-state index in [0.29, 0.717) is 29.0 Å². The highest BCUT2D eigenvalue weighted by Crippen LogP contribution is 2.56. The third-order valence-corrected chi connectivity index (χ3v) is 9.11. The van der Waals surface area contributed by atoms with Gasteiger partial charge in [0.05, 0.1) is 16.3 Å². The first kappa shape index (κ1) is 25.8. The second kappa shape index (κ2) is 9.61. The standard InChI is InChI=1S/C30H23BrClNO6/c31-22-13-24(36)27-21(28(22)37)12-19-17(25(27)20-11-15(32)3-8-23(20)35)6-7-18-26(19)30(39)33(29(18)38)10-9-14-1-4-16(34)5-2-14/h1-6,8,11,13,18-19,25-26,34-35H,7,9-10,12H2/t18-,19+,25+,26-/m0/s1. The first-order valence-electron chi connectivity index (χ1n) is 12.7. The van der Waals surface area contributed by atoms with Crippen molar-refractivity contribution in [2.45, 2.75) is 25.2 Å². The molecule has 39 heavy (non-hydrogen) atoms. The van der Waals surface area contributed by atoms with Crippen molar-refractivity contribution in [1.82, 2.24) is 4.90 Å². The molecule has 1 saturated heterocycles. The Hall–Kier alpha value is -3.49. The fourth-order valence-corrected chi connectivity index (χ4v) is 7.14. The van der Waals surface area contributed by atoms with Crippen LogP contribution in [0.4, 0.5) is 0 Å². The number of aromatic hydroxyl groups is 2. The molecule has 2 amide bonds. The van der Waals surface area contributed by atoms with E-state index in [0.717, 1.165) is 11.1 Å². The van der Waals surface area contributed by atoms with Gasteiger partial charge >= 0.3 is 0 Å². The SMILES string of the molecule is O=C1C=C(Br)C(=O)C2=C1[C@@H](c1cc(Cl)ccc1O)C1=CC[C@@H]3C(=O)N(CCc4ccc(O)cc4)C(=O)[C@@H]3[C@@H]1C2. The number of amides is 2. The van der Waals surface area contributed by atoms with Gasteiger partial charge in [0, 0.05) is 40.3 Å². The topological polar surface area (TPSA) is 112 Å². The lowest BCUT2D eigenvalue weighted by Crippen LogP contribution is -2.39. The summed E-state index contributed by atoms with van der Waals surface area (Å²) >= 11 is 9.49. The maximum atomic E-state index is 13.8. The van der Waals surface area contributed by atoms with Gasteiger partial charge in [0.1, 0.15) is 11.5 Å². The zero-order valence-electron chi connectivity index (χ0n) is 20.6. The first-order valence-corrected chi connectivity index (χ1v) is 13.8. The molecule has 1 aliphatic heterocycles. The Morgan fingerprint density at radius 3 is 2.46 bits per heavy atom. The van der Waals surface area contributed by atoms with Crippen LogP contribution in [0.15, 0.2) is 75.8 Å². The third kappa shape index (κ3) is 4.17. The van der Waals surface area contributed by atoms with Crippen molar-refractivity contribution in [3.05, 3.63) is 92.0 Å². The van der Waals surface area contributed by atoms with Gasteiger partial charge in [-0.3, -0.25) is 24.1 Å². The molecule has 2 aromatic rings. The molecule has 2 N–H and O–H groups in total. The van der Waals surface area contributed by atoms with E-state index >= 15 is 0 Å². The monoisotopic (exact) mass is 607 g/mol. The minimum absolute atomic E-state index is 0.0712. The van der Waals surface area contributed by atoms with Gasteiger partial charge in [-0.15, -0.1) is 0 Å². The normalized spacial score (nSPS) is 26.3. The number of carbonyl (C=O) groups is 4. The highest BCUT2D eigenvalue weighted by Gasteiger charge is 2.56. The Balaban J connectivity index is 1.39. The number of nitrogens with zero attached hydrogens (tertiary/aromatic N) is 1. The van der Waals surface area contributed by atoms with Crippen LogP contribution in [0.25, 0.3) is 0 Å². The van der Waals surface area contributed by atoms with Crippen LogP contribution < -0.4 is 0 Å². The lowest BCUT2D eigenvalue weighted by molar-refractivity contribution is -0.140. The van der Waals surface area contributed by atoms with E-state index in [-0.39, 0.29) is 57.9 Å². The molecule has 1 fully saturated rings. The summed E-state index contributed by atoms with van der Waals surface area (Å²) < 4.78 is 0.143. The van der Waals surface area contributed by atoms with Crippen molar-refractivity contribution in [2.75, 3.05) is 6.54 Å². The Bertz CT molecular complexity index is 1560. The molecule has 4 aliphatic rings. The number of halogens is 2. The molecule has 0 aromatic heterocycles. The number of fused-ring (bicyclic) bond motifs is 3.